The number of fused-ring (bicyclic) bond motifs is 1. The van der Waals surface area contributed by atoms with Crippen molar-refractivity contribution >= 4 is 5.78 Å². The molecule has 0 bridgehead atoms. The fraction of sp³-hybridized carbons (Fsp3) is 0.188. The first-order chi connectivity index (χ1) is 8.79. The number of ketones is 1. The molecule has 1 aliphatic carbocycles. The van der Waals surface area contributed by atoms with Crippen LogP contribution in [0.2, 0.25) is 0 Å². The van der Waals surface area contributed by atoms with E-state index in [4.69, 9.17) is 4.74 Å². The maximum absolute atomic E-state index is 12.1. The lowest BCUT2D eigenvalue weighted by Crippen LogP contribution is -1.96. The van der Waals surface area contributed by atoms with E-state index in [2.05, 4.69) is 12.1 Å². The molecule has 2 heteroatoms. The summed E-state index contributed by atoms with van der Waals surface area (Å²) < 4.78 is 5.18. The topological polar surface area (TPSA) is 26.3 Å². The minimum Gasteiger partial charge on any atom is -0.497 e. The molecule has 0 unspecified atom stereocenters. The van der Waals surface area contributed by atoms with Crippen molar-refractivity contribution in [1.82, 2.24) is 0 Å². The van der Waals surface area contributed by atoms with Crippen LogP contribution >= 0.6 is 0 Å². The molecule has 90 valence electrons. The van der Waals surface area contributed by atoms with Crippen molar-refractivity contribution in [2.75, 3.05) is 7.11 Å². The van der Waals surface area contributed by atoms with Crippen LogP contribution in [0, 0.1) is 0 Å². The summed E-state index contributed by atoms with van der Waals surface area (Å²) in [7, 11) is 1.62. The second-order valence-electron chi connectivity index (χ2n) is 4.54. The van der Waals surface area contributed by atoms with Gasteiger partial charge in [-0.25, -0.2) is 0 Å². The Morgan fingerprint density at radius 1 is 1.11 bits per heavy atom. The number of benzene rings is 2. The first-order valence-electron chi connectivity index (χ1n) is 6.05. The van der Waals surface area contributed by atoms with Crippen LogP contribution in [0.4, 0.5) is 0 Å². The summed E-state index contributed by atoms with van der Waals surface area (Å²) in [5, 5.41) is 0. The van der Waals surface area contributed by atoms with Crippen LogP contribution in [0.1, 0.15) is 33.8 Å². The van der Waals surface area contributed by atoms with Crippen molar-refractivity contribution in [3.05, 3.63) is 65.2 Å². The second-order valence-corrected chi connectivity index (χ2v) is 4.54. The summed E-state index contributed by atoms with van der Waals surface area (Å²) in [5.74, 6) is 1.15. The van der Waals surface area contributed by atoms with E-state index < -0.39 is 0 Å². The molecule has 1 atom stereocenters. The van der Waals surface area contributed by atoms with Gasteiger partial charge in [0.05, 0.1) is 7.11 Å². The third kappa shape index (κ3) is 1.70. The largest absolute Gasteiger partial charge is 0.497 e. The standard InChI is InChI=1S/C16H14O2/c1-18-12-7-8-13-14(10-16(17)15(13)9-12)11-5-3-2-4-6-11/h2-9,14H,10H2,1H3/t14-/m0/s1. The molecule has 3 rings (SSSR count). The second kappa shape index (κ2) is 4.30. The molecular weight excluding hydrogens is 224 g/mol. The monoisotopic (exact) mass is 238 g/mol. The zero-order valence-electron chi connectivity index (χ0n) is 10.2. The van der Waals surface area contributed by atoms with Gasteiger partial charge in [-0.1, -0.05) is 36.4 Å². The first-order valence-corrected chi connectivity index (χ1v) is 6.05. The number of ether oxygens (including phenoxy) is 1. The highest BCUT2D eigenvalue weighted by Gasteiger charge is 2.30. The highest BCUT2D eigenvalue weighted by molar-refractivity contribution is 6.02. The van der Waals surface area contributed by atoms with Crippen LogP contribution in [0.5, 0.6) is 5.75 Å². The predicted molar refractivity (Wildman–Crippen MR) is 70.2 cm³/mol. The number of hydrogen-bond donors (Lipinski definition) is 0. The van der Waals surface area contributed by atoms with Crippen molar-refractivity contribution in [1.29, 1.82) is 0 Å². The average molecular weight is 238 g/mol. The van der Waals surface area contributed by atoms with Gasteiger partial charge in [-0.2, -0.15) is 0 Å². The van der Waals surface area contributed by atoms with Gasteiger partial charge in [0.1, 0.15) is 5.75 Å². The summed E-state index contributed by atoms with van der Waals surface area (Å²) in [6.45, 7) is 0. The maximum Gasteiger partial charge on any atom is 0.164 e. The summed E-state index contributed by atoms with van der Waals surface area (Å²) in [6, 6.07) is 16.0. The Kier molecular flexibility index (Phi) is 2.63. The Bertz CT molecular complexity index is 587. The normalized spacial score (nSPS) is 17.6. The Hall–Kier alpha value is -2.09. The Balaban J connectivity index is 2.07. The molecular formula is C16H14O2. The fourth-order valence-electron chi connectivity index (χ4n) is 2.60. The minimum atomic E-state index is 0.194. The maximum atomic E-state index is 12.1. The van der Waals surface area contributed by atoms with Crippen molar-refractivity contribution in [2.24, 2.45) is 0 Å². The highest BCUT2D eigenvalue weighted by atomic mass is 16.5. The molecule has 0 saturated carbocycles. The van der Waals surface area contributed by atoms with Gasteiger partial charge >= 0.3 is 0 Å². The molecule has 0 aromatic heterocycles. The van der Waals surface area contributed by atoms with Crippen molar-refractivity contribution < 1.29 is 9.53 Å². The van der Waals surface area contributed by atoms with Crippen LogP contribution in [0.3, 0.4) is 0 Å². The third-order valence-electron chi connectivity index (χ3n) is 3.53. The van der Waals surface area contributed by atoms with Gasteiger partial charge in [0, 0.05) is 17.9 Å². The summed E-state index contributed by atoms with van der Waals surface area (Å²) in [5.41, 5.74) is 3.13. The van der Waals surface area contributed by atoms with Crippen LogP contribution in [0.15, 0.2) is 48.5 Å². The van der Waals surface area contributed by atoms with E-state index in [1.54, 1.807) is 7.11 Å². The van der Waals surface area contributed by atoms with Crippen molar-refractivity contribution in [2.45, 2.75) is 12.3 Å². The quantitative estimate of drug-likeness (QED) is 0.801. The van der Waals surface area contributed by atoms with Gasteiger partial charge in [0.2, 0.25) is 0 Å². The van der Waals surface area contributed by atoms with Crippen LogP contribution in [-0.2, 0) is 0 Å². The SMILES string of the molecule is COc1ccc2c(c1)C(=O)C[C@H]2c1ccccc1. The summed E-state index contributed by atoms with van der Waals surface area (Å²) >= 11 is 0. The molecule has 0 aliphatic heterocycles. The molecule has 0 radical (unpaired) electrons. The van der Waals surface area contributed by atoms with Gasteiger partial charge in [-0.3, -0.25) is 4.79 Å². The Labute approximate surface area is 106 Å². The molecule has 2 nitrogen and oxygen atoms in total. The first kappa shape index (κ1) is 11.0. The molecule has 0 heterocycles. The van der Waals surface area contributed by atoms with E-state index in [0.29, 0.717) is 6.42 Å². The van der Waals surface area contributed by atoms with Crippen LogP contribution < -0.4 is 4.74 Å². The van der Waals surface area contributed by atoms with Crippen molar-refractivity contribution in [3.63, 3.8) is 0 Å². The van der Waals surface area contributed by atoms with E-state index in [0.717, 1.165) is 16.9 Å². The molecule has 1 aliphatic rings. The summed E-state index contributed by atoms with van der Waals surface area (Å²) in [4.78, 5) is 12.1. The highest BCUT2D eigenvalue weighted by Crippen LogP contribution is 2.39. The van der Waals surface area contributed by atoms with E-state index in [1.807, 2.05) is 36.4 Å². The molecule has 0 fully saturated rings. The fourth-order valence-corrected chi connectivity index (χ4v) is 2.60. The minimum absolute atomic E-state index is 0.194. The molecule has 0 spiro atoms. The van der Waals surface area contributed by atoms with Crippen LogP contribution in [-0.4, -0.2) is 12.9 Å². The number of methoxy groups -OCH3 is 1. The van der Waals surface area contributed by atoms with Gasteiger partial charge < -0.3 is 4.74 Å². The smallest absolute Gasteiger partial charge is 0.164 e. The van der Waals surface area contributed by atoms with Gasteiger partial charge in [-0.05, 0) is 23.3 Å². The van der Waals surface area contributed by atoms with Gasteiger partial charge in [0.15, 0.2) is 5.78 Å². The number of hydrogen-bond acceptors (Lipinski definition) is 2. The number of rotatable bonds is 2. The molecule has 0 saturated heterocycles. The Morgan fingerprint density at radius 3 is 2.61 bits per heavy atom. The van der Waals surface area contributed by atoms with Gasteiger partial charge in [-0.15, -0.1) is 0 Å². The zero-order valence-corrected chi connectivity index (χ0v) is 10.2. The van der Waals surface area contributed by atoms with E-state index in [9.17, 15) is 4.79 Å². The number of carbonyl (C=O) groups is 1. The molecule has 0 amide bonds. The molecule has 2 aromatic carbocycles. The van der Waals surface area contributed by atoms with Gasteiger partial charge in [0.25, 0.3) is 0 Å². The lowest BCUT2D eigenvalue weighted by atomic mass is 9.93. The molecule has 2 aromatic rings. The summed E-state index contributed by atoms with van der Waals surface area (Å²) in [6.07, 6.45) is 0.562. The Morgan fingerprint density at radius 2 is 1.89 bits per heavy atom. The van der Waals surface area contributed by atoms with Crippen LogP contribution in [0.25, 0.3) is 0 Å². The van der Waals surface area contributed by atoms with E-state index in [-0.39, 0.29) is 11.7 Å². The average Bonchev–Trinajstić information content (AvgIpc) is 2.77. The zero-order chi connectivity index (χ0) is 12.5. The third-order valence-corrected chi connectivity index (χ3v) is 3.53. The lowest BCUT2D eigenvalue weighted by molar-refractivity contribution is 0.0991. The lowest BCUT2D eigenvalue weighted by Gasteiger charge is -2.11. The number of carbonyl (C=O) groups excluding carboxylic acids is 1. The molecule has 0 N–H and O–H groups in total. The van der Waals surface area contributed by atoms with Crippen molar-refractivity contribution in [3.8, 4) is 5.75 Å². The molecule has 18 heavy (non-hydrogen) atoms. The van der Waals surface area contributed by atoms with E-state index in [1.165, 1.54) is 5.56 Å². The van der Waals surface area contributed by atoms with E-state index >= 15 is 0 Å². The predicted octanol–water partition coefficient (Wildman–Crippen LogP) is 3.41. The number of Topliss-reactive ketones (excluding diaryl/α,β-unsaturated/α-hetero) is 1.